The van der Waals surface area contributed by atoms with Gasteiger partial charge in [0.2, 0.25) is 0 Å². The molecule has 0 aliphatic carbocycles. The molecule has 0 radical (unpaired) electrons. The summed E-state index contributed by atoms with van der Waals surface area (Å²) in [6.45, 7) is 8.36. The van der Waals surface area contributed by atoms with Gasteiger partial charge in [-0.25, -0.2) is 0 Å². The molecule has 26 heavy (non-hydrogen) atoms. The highest BCUT2D eigenvalue weighted by Crippen LogP contribution is 2.38. The van der Waals surface area contributed by atoms with E-state index in [0.29, 0.717) is 24.3 Å². The lowest BCUT2D eigenvalue weighted by molar-refractivity contribution is -0.132. The number of hydrogen-bond acceptors (Lipinski definition) is 3. The molecule has 2 rings (SSSR count). The van der Waals surface area contributed by atoms with Gasteiger partial charge in [-0.05, 0) is 38.5 Å². The predicted molar refractivity (Wildman–Crippen MR) is 106 cm³/mol. The summed E-state index contributed by atoms with van der Waals surface area (Å²) in [7, 11) is 0. The summed E-state index contributed by atoms with van der Waals surface area (Å²) < 4.78 is 5.90. The quantitative estimate of drug-likeness (QED) is 0.407. The van der Waals surface area contributed by atoms with E-state index in [4.69, 9.17) is 4.74 Å². The van der Waals surface area contributed by atoms with Gasteiger partial charge in [0.1, 0.15) is 5.75 Å². The Hall–Kier alpha value is -1.84. The minimum absolute atomic E-state index is 0.0305. The second kappa shape index (κ2) is 9.20. The Labute approximate surface area is 157 Å². The molecule has 1 aromatic rings. The van der Waals surface area contributed by atoms with Crippen molar-refractivity contribution in [3.63, 3.8) is 0 Å². The molecule has 1 heterocycles. The zero-order valence-electron chi connectivity index (χ0n) is 16.8. The second-order valence-corrected chi connectivity index (χ2v) is 7.65. The highest BCUT2D eigenvalue weighted by Gasteiger charge is 2.40. The Kier molecular flexibility index (Phi) is 7.24. The molecule has 1 aromatic carbocycles. The molecule has 0 spiro atoms. The summed E-state index contributed by atoms with van der Waals surface area (Å²) in [6.07, 6.45) is 8.88. The van der Waals surface area contributed by atoms with E-state index in [1.807, 2.05) is 24.0 Å². The first kappa shape index (κ1) is 20.5. The van der Waals surface area contributed by atoms with Crippen LogP contribution in [0.4, 0.5) is 5.69 Å². The van der Waals surface area contributed by atoms with Crippen molar-refractivity contribution >= 4 is 17.4 Å². The number of anilines is 1. The van der Waals surface area contributed by atoms with Crippen LogP contribution in [0, 0.1) is 0 Å². The van der Waals surface area contributed by atoms with E-state index in [1.165, 1.54) is 32.1 Å². The molecule has 1 amide bonds. The third-order valence-corrected chi connectivity index (χ3v) is 5.00. The van der Waals surface area contributed by atoms with Crippen molar-refractivity contribution < 1.29 is 14.3 Å². The number of Topliss-reactive ketones (excluding diaryl/α,β-unsaturated/α-hetero) is 1. The Balaban J connectivity index is 2.09. The van der Waals surface area contributed by atoms with Crippen molar-refractivity contribution in [3.8, 4) is 5.75 Å². The van der Waals surface area contributed by atoms with Crippen LogP contribution in [0.2, 0.25) is 0 Å². The summed E-state index contributed by atoms with van der Waals surface area (Å²) in [5.41, 5.74) is 0.510. The van der Waals surface area contributed by atoms with Gasteiger partial charge in [-0.2, -0.15) is 0 Å². The average molecular weight is 360 g/mol. The van der Waals surface area contributed by atoms with Gasteiger partial charge in [0, 0.05) is 18.5 Å². The molecular weight excluding hydrogens is 326 g/mol. The third kappa shape index (κ3) is 4.87. The number of amides is 1. The fourth-order valence-electron chi connectivity index (χ4n) is 3.39. The van der Waals surface area contributed by atoms with Gasteiger partial charge in [-0.1, -0.05) is 52.4 Å². The van der Waals surface area contributed by atoms with E-state index in [1.54, 1.807) is 19.9 Å². The molecule has 1 aliphatic heterocycles. The number of nitrogens with zero attached hydrogens (tertiary/aromatic N) is 1. The van der Waals surface area contributed by atoms with Crippen LogP contribution in [-0.2, 0) is 4.79 Å². The van der Waals surface area contributed by atoms with Crippen LogP contribution in [-0.4, -0.2) is 23.8 Å². The maximum Gasteiger partial charge on any atom is 0.270 e. The molecule has 0 saturated heterocycles. The number of ketones is 1. The van der Waals surface area contributed by atoms with Gasteiger partial charge >= 0.3 is 0 Å². The molecule has 0 unspecified atom stereocenters. The number of carbonyl (C=O) groups is 2. The summed E-state index contributed by atoms with van der Waals surface area (Å²) in [6, 6.07) is 5.43. The fourth-order valence-corrected chi connectivity index (χ4v) is 3.39. The molecule has 0 atom stereocenters. The van der Waals surface area contributed by atoms with Crippen molar-refractivity contribution in [2.24, 2.45) is 0 Å². The van der Waals surface area contributed by atoms with Gasteiger partial charge in [0.15, 0.2) is 11.4 Å². The average Bonchev–Trinajstić information content (AvgIpc) is 2.62. The van der Waals surface area contributed by atoms with Crippen LogP contribution in [0.5, 0.6) is 5.75 Å². The zero-order valence-corrected chi connectivity index (χ0v) is 16.8. The number of fused-ring (bicyclic) bond motifs is 1. The van der Waals surface area contributed by atoms with Crippen LogP contribution in [0.15, 0.2) is 18.2 Å². The van der Waals surface area contributed by atoms with Gasteiger partial charge < -0.3 is 9.64 Å². The zero-order chi connectivity index (χ0) is 19.2. The molecule has 4 heteroatoms. The summed E-state index contributed by atoms with van der Waals surface area (Å²) in [4.78, 5) is 26.8. The van der Waals surface area contributed by atoms with Crippen LogP contribution in [0.25, 0.3) is 0 Å². The van der Waals surface area contributed by atoms with E-state index in [0.717, 1.165) is 18.5 Å². The van der Waals surface area contributed by atoms with Crippen molar-refractivity contribution in [2.45, 2.75) is 84.7 Å². The van der Waals surface area contributed by atoms with E-state index >= 15 is 0 Å². The Morgan fingerprint density at radius 2 is 1.69 bits per heavy atom. The SMILES string of the molecule is CCCCCCCCCN1C(=O)C(C)(C)Oc2ccc(C(=O)CC)cc21. The standard InChI is InChI=1S/C22H33NO3/c1-5-7-8-9-10-11-12-15-23-18-16-17(19(24)6-2)13-14-20(18)26-22(3,4)21(23)25/h13-14,16H,5-12,15H2,1-4H3. The molecule has 0 bridgehead atoms. The Morgan fingerprint density at radius 3 is 2.35 bits per heavy atom. The number of rotatable bonds is 10. The Bertz CT molecular complexity index is 636. The van der Waals surface area contributed by atoms with Crippen molar-refractivity contribution in [3.05, 3.63) is 23.8 Å². The van der Waals surface area contributed by atoms with Gasteiger partial charge in [0.25, 0.3) is 5.91 Å². The van der Waals surface area contributed by atoms with Crippen molar-refractivity contribution in [1.82, 2.24) is 0 Å². The molecule has 0 N–H and O–H groups in total. The Morgan fingerprint density at radius 1 is 1.04 bits per heavy atom. The molecule has 144 valence electrons. The molecule has 4 nitrogen and oxygen atoms in total. The van der Waals surface area contributed by atoms with Crippen LogP contribution in [0.3, 0.4) is 0 Å². The molecule has 0 aromatic heterocycles. The lowest BCUT2D eigenvalue weighted by atomic mass is 10.0. The van der Waals surface area contributed by atoms with Crippen LogP contribution < -0.4 is 9.64 Å². The predicted octanol–water partition coefficient (Wildman–Crippen LogP) is 5.53. The fraction of sp³-hybridized carbons (Fsp3) is 0.636. The molecule has 0 saturated carbocycles. The number of ether oxygens (including phenoxy) is 1. The van der Waals surface area contributed by atoms with Gasteiger partial charge in [-0.15, -0.1) is 0 Å². The lowest BCUT2D eigenvalue weighted by Crippen LogP contribution is -2.52. The smallest absolute Gasteiger partial charge is 0.270 e. The van der Waals surface area contributed by atoms with E-state index < -0.39 is 5.60 Å². The number of unbranched alkanes of at least 4 members (excludes halogenated alkanes) is 6. The molecule has 1 aliphatic rings. The van der Waals surface area contributed by atoms with Gasteiger partial charge in [-0.3, -0.25) is 9.59 Å². The first-order valence-electron chi connectivity index (χ1n) is 10.1. The van der Waals surface area contributed by atoms with Crippen LogP contribution >= 0.6 is 0 Å². The minimum atomic E-state index is -0.871. The van der Waals surface area contributed by atoms with Gasteiger partial charge in [0.05, 0.1) is 5.69 Å². The largest absolute Gasteiger partial charge is 0.476 e. The van der Waals surface area contributed by atoms with E-state index in [-0.39, 0.29) is 11.7 Å². The van der Waals surface area contributed by atoms with E-state index in [2.05, 4.69) is 6.92 Å². The highest BCUT2D eigenvalue weighted by molar-refractivity contribution is 6.04. The molecule has 0 fully saturated rings. The van der Waals surface area contributed by atoms with Crippen LogP contribution in [0.1, 0.15) is 89.4 Å². The van der Waals surface area contributed by atoms with E-state index in [9.17, 15) is 9.59 Å². The first-order chi connectivity index (χ1) is 12.4. The summed E-state index contributed by atoms with van der Waals surface area (Å²) >= 11 is 0. The first-order valence-corrected chi connectivity index (χ1v) is 10.1. The number of carbonyl (C=O) groups excluding carboxylic acids is 2. The topological polar surface area (TPSA) is 46.6 Å². The maximum absolute atomic E-state index is 12.9. The number of hydrogen-bond donors (Lipinski definition) is 0. The third-order valence-electron chi connectivity index (χ3n) is 5.00. The highest BCUT2D eigenvalue weighted by atomic mass is 16.5. The number of benzene rings is 1. The normalized spacial score (nSPS) is 15.5. The summed E-state index contributed by atoms with van der Waals surface area (Å²) in [5.74, 6) is 0.739. The monoisotopic (exact) mass is 359 g/mol. The lowest BCUT2D eigenvalue weighted by Gasteiger charge is -2.39. The summed E-state index contributed by atoms with van der Waals surface area (Å²) in [5, 5.41) is 0. The second-order valence-electron chi connectivity index (χ2n) is 7.65. The van der Waals surface area contributed by atoms with Crippen molar-refractivity contribution in [2.75, 3.05) is 11.4 Å². The minimum Gasteiger partial charge on any atom is -0.476 e. The van der Waals surface area contributed by atoms with Crippen molar-refractivity contribution in [1.29, 1.82) is 0 Å². The maximum atomic E-state index is 12.9. The molecular formula is C22H33NO3.